The number of non-ortho nitro benzene ring substituents is 1. The van der Waals surface area contributed by atoms with Gasteiger partial charge in [0.25, 0.3) is 5.69 Å². The van der Waals surface area contributed by atoms with Gasteiger partial charge in [-0.25, -0.2) is 12.8 Å². The Balaban J connectivity index is 2.02. The smallest absolute Gasteiger partial charge is 0.270 e. The zero-order valence-electron chi connectivity index (χ0n) is 13.1. The molecule has 7 nitrogen and oxygen atoms in total. The normalized spacial score (nSPS) is 18.8. The highest BCUT2D eigenvalue weighted by atomic mass is 32.2. The molecule has 1 unspecified atom stereocenters. The van der Waals surface area contributed by atoms with E-state index < -0.39 is 26.8 Å². The van der Waals surface area contributed by atoms with Crippen molar-refractivity contribution < 1.29 is 17.7 Å². The van der Waals surface area contributed by atoms with E-state index in [-0.39, 0.29) is 17.1 Å². The lowest BCUT2D eigenvalue weighted by molar-refractivity contribution is -0.385. The molecule has 1 heterocycles. The van der Waals surface area contributed by atoms with Crippen LogP contribution in [-0.2, 0) is 10.0 Å². The molecule has 9 heteroatoms. The fourth-order valence-corrected chi connectivity index (χ4v) is 4.52. The zero-order valence-corrected chi connectivity index (χ0v) is 13.9. The van der Waals surface area contributed by atoms with E-state index in [4.69, 9.17) is 0 Å². The number of halogens is 1. The van der Waals surface area contributed by atoms with Gasteiger partial charge in [-0.1, -0.05) is 18.2 Å². The molecule has 1 aliphatic heterocycles. The van der Waals surface area contributed by atoms with E-state index in [1.807, 2.05) is 0 Å². The van der Waals surface area contributed by atoms with E-state index in [0.717, 1.165) is 6.07 Å². The highest BCUT2D eigenvalue weighted by Gasteiger charge is 2.35. The molecule has 0 aromatic heterocycles. The zero-order chi connectivity index (χ0) is 18.0. The summed E-state index contributed by atoms with van der Waals surface area (Å²) in [6, 6.07) is 10.1. The maximum absolute atomic E-state index is 13.5. The van der Waals surface area contributed by atoms with Crippen molar-refractivity contribution in [3.05, 3.63) is 70.0 Å². The first-order chi connectivity index (χ1) is 11.9. The van der Waals surface area contributed by atoms with Crippen LogP contribution in [0.25, 0.3) is 0 Å². The van der Waals surface area contributed by atoms with Gasteiger partial charge in [-0.05, 0) is 23.8 Å². The average Bonchev–Trinajstić information content (AvgIpc) is 2.62. The summed E-state index contributed by atoms with van der Waals surface area (Å²) in [4.78, 5) is 10.1. The number of nitrogens with zero attached hydrogens (tertiary/aromatic N) is 2. The molecular formula is C16H16FN3O4S. The van der Waals surface area contributed by atoms with E-state index in [1.54, 1.807) is 6.07 Å². The lowest BCUT2D eigenvalue weighted by Crippen LogP contribution is -2.48. The third kappa shape index (κ3) is 3.53. The summed E-state index contributed by atoms with van der Waals surface area (Å²) in [6.45, 7) is 0.962. The largest absolute Gasteiger partial charge is 0.313 e. The summed E-state index contributed by atoms with van der Waals surface area (Å²) in [5, 5.41) is 14.0. The minimum Gasteiger partial charge on any atom is -0.313 e. The Kier molecular flexibility index (Phi) is 4.80. The molecule has 1 atom stereocenters. The summed E-state index contributed by atoms with van der Waals surface area (Å²) in [6.07, 6.45) is 0. The van der Waals surface area contributed by atoms with Gasteiger partial charge in [0.1, 0.15) is 5.82 Å². The highest BCUT2D eigenvalue weighted by molar-refractivity contribution is 7.89. The molecule has 2 aromatic rings. The molecule has 2 aromatic carbocycles. The Morgan fingerprint density at radius 3 is 2.68 bits per heavy atom. The second kappa shape index (κ2) is 6.87. The summed E-state index contributed by atoms with van der Waals surface area (Å²) < 4.78 is 40.8. The fourth-order valence-electron chi connectivity index (χ4n) is 2.86. The molecule has 0 saturated carbocycles. The van der Waals surface area contributed by atoms with E-state index in [2.05, 4.69) is 5.32 Å². The van der Waals surface area contributed by atoms with Crippen LogP contribution in [0, 0.1) is 15.9 Å². The van der Waals surface area contributed by atoms with Crippen molar-refractivity contribution in [2.24, 2.45) is 0 Å². The molecule has 0 bridgehead atoms. The van der Waals surface area contributed by atoms with Gasteiger partial charge < -0.3 is 5.32 Å². The fraction of sp³-hybridized carbons (Fsp3) is 0.250. The number of piperazine rings is 1. The quantitative estimate of drug-likeness (QED) is 0.661. The van der Waals surface area contributed by atoms with Gasteiger partial charge in [-0.3, -0.25) is 10.1 Å². The number of hydrogen-bond donors (Lipinski definition) is 1. The van der Waals surface area contributed by atoms with Crippen molar-refractivity contribution in [2.75, 3.05) is 19.6 Å². The second-order valence-corrected chi connectivity index (χ2v) is 7.54. The standard InChI is InChI=1S/C16H16FN3O4S/c17-13-4-1-3-12(9-13)16-11-18-7-8-19(16)25(23,24)15-6-2-5-14(10-15)20(21)22/h1-6,9-10,16,18H,7-8,11H2. The second-order valence-electron chi connectivity index (χ2n) is 5.65. The topological polar surface area (TPSA) is 92.5 Å². The highest BCUT2D eigenvalue weighted by Crippen LogP contribution is 2.30. The third-order valence-corrected chi connectivity index (χ3v) is 5.97. The lowest BCUT2D eigenvalue weighted by atomic mass is 10.1. The summed E-state index contributed by atoms with van der Waals surface area (Å²) in [7, 11) is -3.96. The van der Waals surface area contributed by atoms with Crippen LogP contribution < -0.4 is 5.32 Å². The molecule has 0 amide bonds. The first kappa shape index (κ1) is 17.5. The molecule has 0 radical (unpaired) electrons. The Labute approximate surface area is 144 Å². The van der Waals surface area contributed by atoms with Gasteiger partial charge >= 0.3 is 0 Å². The monoisotopic (exact) mass is 365 g/mol. The summed E-state index contributed by atoms with van der Waals surface area (Å²) in [5.41, 5.74) is 0.236. The molecule has 25 heavy (non-hydrogen) atoms. The van der Waals surface area contributed by atoms with E-state index in [0.29, 0.717) is 18.7 Å². The number of benzene rings is 2. The molecule has 1 aliphatic rings. The van der Waals surface area contributed by atoms with Crippen LogP contribution in [0.15, 0.2) is 53.4 Å². The average molecular weight is 365 g/mol. The molecular weight excluding hydrogens is 349 g/mol. The first-order valence-electron chi connectivity index (χ1n) is 7.62. The molecule has 1 fully saturated rings. The van der Waals surface area contributed by atoms with Gasteiger partial charge in [0.2, 0.25) is 10.0 Å². The number of nitrogens with one attached hydrogen (secondary N) is 1. The van der Waals surface area contributed by atoms with Gasteiger partial charge in [-0.2, -0.15) is 4.31 Å². The van der Waals surface area contributed by atoms with E-state index in [9.17, 15) is 22.9 Å². The van der Waals surface area contributed by atoms with Crippen molar-refractivity contribution in [1.82, 2.24) is 9.62 Å². The summed E-state index contributed by atoms with van der Waals surface area (Å²) in [5.74, 6) is -0.448. The number of rotatable bonds is 4. The van der Waals surface area contributed by atoms with Crippen molar-refractivity contribution in [3.63, 3.8) is 0 Å². The van der Waals surface area contributed by atoms with E-state index in [1.165, 1.54) is 40.7 Å². The number of nitro benzene ring substituents is 1. The SMILES string of the molecule is O=[N+]([O-])c1cccc(S(=O)(=O)N2CCNCC2c2cccc(F)c2)c1. The van der Waals surface area contributed by atoms with Crippen LogP contribution in [0.1, 0.15) is 11.6 Å². The predicted octanol–water partition coefficient (Wildman–Crippen LogP) is 2.07. The van der Waals surface area contributed by atoms with Crippen molar-refractivity contribution >= 4 is 15.7 Å². The molecule has 0 spiro atoms. The van der Waals surface area contributed by atoms with Crippen LogP contribution in [0.3, 0.4) is 0 Å². The number of sulfonamides is 1. The molecule has 0 aliphatic carbocycles. The first-order valence-corrected chi connectivity index (χ1v) is 9.06. The Bertz CT molecular complexity index is 904. The lowest BCUT2D eigenvalue weighted by Gasteiger charge is -2.35. The van der Waals surface area contributed by atoms with Crippen molar-refractivity contribution in [3.8, 4) is 0 Å². The minimum absolute atomic E-state index is 0.148. The van der Waals surface area contributed by atoms with Crippen LogP contribution >= 0.6 is 0 Å². The third-order valence-electron chi connectivity index (χ3n) is 4.06. The Morgan fingerprint density at radius 1 is 1.20 bits per heavy atom. The Morgan fingerprint density at radius 2 is 1.96 bits per heavy atom. The molecule has 1 N–H and O–H groups in total. The molecule has 3 rings (SSSR count). The molecule has 132 valence electrons. The van der Waals surface area contributed by atoms with Crippen LogP contribution in [-0.4, -0.2) is 37.3 Å². The van der Waals surface area contributed by atoms with Gasteiger partial charge in [-0.15, -0.1) is 0 Å². The maximum atomic E-state index is 13.5. The van der Waals surface area contributed by atoms with Gasteiger partial charge in [0.15, 0.2) is 0 Å². The van der Waals surface area contributed by atoms with Gasteiger partial charge in [0.05, 0.1) is 15.9 Å². The number of nitro groups is 1. The molecule has 1 saturated heterocycles. The van der Waals surface area contributed by atoms with Crippen LogP contribution in [0.5, 0.6) is 0 Å². The van der Waals surface area contributed by atoms with Crippen molar-refractivity contribution in [1.29, 1.82) is 0 Å². The van der Waals surface area contributed by atoms with Crippen molar-refractivity contribution in [2.45, 2.75) is 10.9 Å². The van der Waals surface area contributed by atoms with Gasteiger partial charge in [0, 0.05) is 31.8 Å². The van der Waals surface area contributed by atoms with E-state index >= 15 is 0 Å². The minimum atomic E-state index is -3.96. The maximum Gasteiger partial charge on any atom is 0.270 e. The summed E-state index contributed by atoms with van der Waals surface area (Å²) >= 11 is 0. The number of hydrogen-bond acceptors (Lipinski definition) is 5. The predicted molar refractivity (Wildman–Crippen MR) is 89.0 cm³/mol. The van der Waals surface area contributed by atoms with Crippen LogP contribution in [0.4, 0.5) is 10.1 Å². The van der Waals surface area contributed by atoms with Crippen LogP contribution in [0.2, 0.25) is 0 Å². The Hall–Kier alpha value is -2.36.